The topological polar surface area (TPSA) is 57.6 Å². The predicted octanol–water partition coefficient (Wildman–Crippen LogP) is 2.10. The highest BCUT2D eigenvalue weighted by atomic mass is 32.2. The van der Waals surface area contributed by atoms with Crippen LogP contribution in [0.3, 0.4) is 0 Å². The standard InChI is InChI=1S/C12H15NO3S/c1-13(11(14)7-8-17-2)10-6-4-3-5-9(10)12(15)16/h3-6H,7-8H2,1-2H3,(H,15,16). The van der Waals surface area contributed by atoms with E-state index in [1.807, 2.05) is 6.26 Å². The number of carboxylic acids is 1. The molecular formula is C12H15NO3S. The van der Waals surface area contributed by atoms with Crippen molar-refractivity contribution in [2.75, 3.05) is 24.0 Å². The summed E-state index contributed by atoms with van der Waals surface area (Å²) in [5, 5.41) is 9.03. The lowest BCUT2D eigenvalue weighted by Gasteiger charge is -2.19. The van der Waals surface area contributed by atoms with Gasteiger partial charge in [0.1, 0.15) is 0 Å². The Morgan fingerprint density at radius 3 is 2.59 bits per heavy atom. The second-order valence-corrected chi connectivity index (χ2v) is 4.50. The summed E-state index contributed by atoms with van der Waals surface area (Å²) in [6.07, 6.45) is 2.34. The van der Waals surface area contributed by atoms with E-state index in [0.29, 0.717) is 12.1 Å². The first kappa shape index (κ1) is 13.6. The maximum Gasteiger partial charge on any atom is 0.337 e. The zero-order valence-corrected chi connectivity index (χ0v) is 10.7. The second kappa shape index (κ2) is 6.30. The summed E-state index contributed by atoms with van der Waals surface area (Å²) < 4.78 is 0. The zero-order valence-electron chi connectivity index (χ0n) is 9.84. The van der Waals surface area contributed by atoms with Crippen LogP contribution in [0.1, 0.15) is 16.8 Å². The highest BCUT2D eigenvalue weighted by Gasteiger charge is 2.17. The van der Waals surface area contributed by atoms with Crippen LogP contribution in [0, 0.1) is 0 Å². The molecule has 0 aliphatic carbocycles. The normalized spacial score (nSPS) is 10.0. The van der Waals surface area contributed by atoms with Gasteiger partial charge in [0.15, 0.2) is 0 Å². The molecule has 1 N–H and O–H groups in total. The Morgan fingerprint density at radius 2 is 2.00 bits per heavy atom. The minimum Gasteiger partial charge on any atom is -0.478 e. The number of hydrogen-bond acceptors (Lipinski definition) is 3. The Labute approximate surface area is 105 Å². The number of anilines is 1. The molecule has 0 spiro atoms. The van der Waals surface area contributed by atoms with Crippen LogP contribution in [0.5, 0.6) is 0 Å². The summed E-state index contributed by atoms with van der Waals surface area (Å²) in [4.78, 5) is 24.2. The number of carboxylic acid groups (broad SMARTS) is 1. The van der Waals surface area contributed by atoms with Crippen LogP contribution in [0.4, 0.5) is 5.69 Å². The summed E-state index contributed by atoms with van der Waals surface area (Å²) >= 11 is 1.59. The molecule has 0 aromatic heterocycles. The summed E-state index contributed by atoms with van der Waals surface area (Å²) in [5.74, 6) is -0.364. The molecule has 0 fully saturated rings. The van der Waals surface area contributed by atoms with Gasteiger partial charge >= 0.3 is 5.97 Å². The minimum atomic E-state index is -1.02. The van der Waals surface area contributed by atoms with Crippen LogP contribution >= 0.6 is 11.8 Å². The molecule has 0 unspecified atom stereocenters. The number of rotatable bonds is 5. The highest BCUT2D eigenvalue weighted by molar-refractivity contribution is 7.98. The third-order valence-corrected chi connectivity index (χ3v) is 3.00. The van der Waals surface area contributed by atoms with Gasteiger partial charge in [0.25, 0.3) is 0 Å². The van der Waals surface area contributed by atoms with Gasteiger partial charge in [-0.2, -0.15) is 11.8 Å². The molecule has 1 rings (SSSR count). The summed E-state index contributed by atoms with van der Waals surface area (Å²) in [7, 11) is 1.60. The number of benzene rings is 1. The fourth-order valence-electron chi connectivity index (χ4n) is 1.44. The molecule has 17 heavy (non-hydrogen) atoms. The molecule has 0 heterocycles. The maximum absolute atomic E-state index is 11.8. The lowest BCUT2D eigenvalue weighted by Crippen LogP contribution is -2.28. The number of carbonyl (C=O) groups excluding carboxylic acids is 1. The number of para-hydroxylation sites is 1. The van der Waals surface area contributed by atoms with Crippen molar-refractivity contribution in [2.24, 2.45) is 0 Å². The van der Waals surface area contributed by atoms with Gasteiger partial charge in [0.2, 0.25) is 5.91 Å². The van der Waals surface area contributed by atoms with Gasteiger partial charge in [0, 0.05) is 19.2 Å². The minimum absolute atomic E-state index is 0.0759. The van der Waals surface area contributed by atoms with Crippen molar-refractivity contribution in [2.45, 2.75) is 6.42 Å². The molecule has 0 radical (unpaired) electrons. The van der Waals surface area contributed by atoms with E-state index in [1.165, 1.54) is 11.0 Å². The number of carbonyl (C=O) groups is 2. The molecule has 0 saturated carbocycles. The van der Waals surface area contributed by atoms with E-state index >= 15 is 0 Å². The third kappa shape index (κ3) is 3.49. The lowest BCUT2D eigenvalue weighted by atomic mass is 10.1. The van der Waals surface area contributed by atoms with Gasteiger partial charge in [-0.3, -0.25) is 4.79 Å². The lowest BCUT2D eigenvalue weighted by molar-refractivity contribution is -0.117. The number of nitrogens with zero attached hydrogens (tertiary/aromatic N) is 1. The van der Waals surface area contributed by atoms with E-state index in [0.717, 1.165) is 5.75 Å². The van der Waals surface area contributed by atoms with Crippen LogP contribution < -0.4 is 4.90 Å². The zero-order chi connectivity index (χ0) is 12.8. The Bertz CT molecular complexity index is 420. The number of thioether (sulfide) groups is 1. The molecule has 1 amide bonds. The molecule has 0 atom stereocenters. The first-order chi connectivity index (χ1) is 8.07. The quantitative estimate of drug-likeness (QED) is 0.873. The third-order valence-electron chi connectivity index (χ3n) is 2.39. The first-order valence-corrected chi connectivity index (χ1v) is 6.55. The Balaban J connectivity index is 2.91. The first-order valence-electron chi connectivity index (χ1n) is 5.15. The molecule has 1 aromatic rings. The molecule has 92 valence electrons. The van der Waals surface area contributed by atoms with Crippen molar-refractivity contribution in [3.05, 3.63) is 29.8 Å². The summed E-state index contributed by atoms with van der Waals surface area (Å²) in [5.41, 5.74) is 0.582. The van der Waals surface area contributed by atoms with E-state index in [4.69, 9.17) is 5.11 Å². The molecule has 0 aliphatic rings. The fourth-order valence-corrected chi connectivity index (χ4v) is 1.82. The molecule has 0 aliphatic heterocycles. The molecule has 0 bridgehead atoms. The number of amides is 1. The average Bonchev–Trinajstić information content (AvgIpc) is 2.34. The van der Waals surface area contributed by atoms with Gasteiger partial charge in [0.05, 0.1) is 11.3 Å². The Hall–Kier alpha value is -1.49. The second-order valence-electron chi connectivity index (χ2n) is 3.52. The van der Waals surface area contributed by atoms with Crippen molar-refractivity contribution in [1.82, 2.24) is 0 Å². The van der Waals surface area contributed by atoms with Gasteiger partial charge in [-0.15, -0.1) is 0 Å². The van der Waals surface area contributed by atoms with E-state index in [9.17, 15) is 9.59 Å². The molecule has 0 saturated heterocycles. The van der Waals surface area contributed by atoms with E-state index < -0.39 is 5.97 Å². The SMILES string of the molecule is CSCCC(=O)N(C)c1ccccc1C(=O)O. The van der Waals surface area contributed by atoms with Crippen molar-refractivity contribution in [1.29, 1.82) is 0 Å². The van der Waals surface area contributed by atoms with Crippen LogP contribution in [0.2, 0.25) is 0 Å². The van der Waals surface area contributed by atoms with Gasteiger partial charge < -0.3 is 10.0 Å². The van der Waals surface area contributed by atoms with Crippen molar-refractivity contribution >= 4 is 29.3 Å². The van der Waals surface area contributed by atoms with E-state index in [-0.39, 0.29) is 11.5 Å². The monoisotopic (exact) mass is 253 g/mol. The van der Waals surface area contributed by atoms with Crippen LogP contribution in [0.25, 0.3) is 0 Å². The fraction of sp³-hybridized carbons (Fsp3) is 0.333. The molecule has 4 nitrogen and oxygen atoms in total. The molecule has 1 aromatic carbocycles. The maximum atomic E-state index is 11.8. The number of hydrogen-bond donors (Lipinski definition) is 1. The van der Waals surface area contributed by atoms with Crippen molar-refractivity contribution in [3.8, 4) is 0 Å². The van der Waals surface area contributed by atoms with E-state index in [2.05, 4.69) is 0 Å². The largest absolute Gasteiger partial charge is 0.478 e. The molecular weight excluding hydrogens is 238 g/mol. The number of aromatic carboxylic acids is 1. The Morgan fingerprint density at radius 1 is 1.35 bits per heavy atom. The smallest absolute Gasteiger partial charge is 0.337 e. The van der Waals surface area contributed by atoms with Crippen LogP contribution in [-0.4, -0.2) is 36.0 Å². The van der Waals surface area contributed by atoms with Gasteiger partial charge in [-0.1, -0.05) is 12.1 Å². The Kier molecular flexibility index (Phi) is 5.03. The van der Waals surface area contributed by atoms with Gasteiger partial charge in [-0.25, -0.2) is 4.79 Å². The van der Waals surface area contributed by atoms with Crippen LogP contribution in [0.15, 0.2) is 24.3 Å². The summed E-state index contributed by atoms with van der Waals surface area (Å²) in [6, 6.07) is 6.50. The predicted molar refractivity (Wildman–Crippen MR) is 69.8 cm³/mol. The van der Waals surface area contributed by atoms with Crippen molar-refractivity contribution in [3.63, 3.8) is 0 Å². The average molecular weight is 253 g/mol. The molecule has 5 heteroatoms. The van der Waals surface area contributed by atoms with Crippen LogP contribution in [-0.2, 0) is 4.79 Å². The van der Waals surface area contributed by atoms with E-state index in [1.54, 1.807) is 37.0 Å². The van der Waals surface area contributed by atoms with Gasteiger partial charge in [-0.05, 0) is 18.4 Å². The van der Waals surface area contributed by atoms with Crippen molar-refractivity contribution < 1.29 is 14.7 Å². The highest BCUT2D eigenvalue weighted by Crippen LogP contribution is 2.20. The summed E-state index contributed by atoms with van der Waals surface area (Å²) in [6.45, 7) is 0.